The van der Waals surface area contributed by atoms with Crippen molar-refractivity contribution in [3.05, 3.63) is 53.9 Å². The smallest absolute Gasteiger partial charge is 0.416 e. The Labute approximate surface area is 165 Å². The Kier molecular flexibility index (Phi) is 5.25. The van der Waals surface area contributed by atoms with Crippen molar-refractivity contribution in [3.8, 4) is 0 Å². The van der Waals surface area contributed by atoms with Gasteiger partial charge in [-0.1, -0.05) is 0 Å². The standard InChI is InChI=1S/C20H20F3N3O3/c1-19(2,3)29-18(28)25-15-10-12-8-9-24-11-16(12)26(17(15)27)14-6-4-13(5-7-14)20(21,22)23/h4-9,11,15H,10H2,1-3H3,(H,25,28). The zero-order valence-electron chi connectivity index (χ0n) is 16.1. The Morgan fingerprint density at radius 3 is 2.41 bits per heavy atom. The Bertz CT molecular complexity index is 921. The zero-order valence-corrected chi connectivity index (χ0v) is 16.1. The maximum absolute atomic E-state index is 13.1. The van der Waals surface area contributed by atoms with Crippen LogP contribution in [0, 0.1) is 0 Å². The van der Waals surface area contributed by atoms with Gasteiger partial charge >= 0.3 is 12.3 Å². The van der Waals surface area contributed by atoms with Crippen LogP contribution < -0.4 is 10.2 Å². The minimum absolute atomic E-state index is 0.215. The summed E-state index contributed by atoms with van der Waals surface area (Å²) < 4.78 is 43.8. The van der Waals surface area contributed by atoms with Gasteiger partial charge in [-0.25, -0.2) is 4.79 Å². The van der Waals surface area contributed by atoms with Gasteiger partial charge in [0.1, 0.15) is 11.6 Å². The first kappa shape index (κ1) is 20.6. The van der Waals surface area contributed by atoms with Crippen molar-refractivity contribution in [3.63, 3.8) is 0 Å². The highest BCUT2D eigenvalue weighted by molar-refractivity contribution is 6.07. The number of halogens is 3. The molecule has 1 aliphatic heterocycles. The average molecular weight is 407 g/mol. The molecule has 1 aliphatic rings. The second kappa shape index (κ2) is 7.38. The molecule has 9 heteroatoms. The number of amides is 2. The Hall–Kier alpha value is -3.10. The van der Waals surface area contributed by atoms with E-state index in [1.54, 1.807) is 33.0 Å². The first-order valence-electron chi connectivity index (χ1n) is 8.89. The minimum atomic E-state index is -4.48. The van der Waals surface area contributed by atoms with Gasteiger partial charge in [0.15, 0.2) is 0 Å². The molecule has 0 fully saturated rings. The molecule has 0 saturated carbocycles. The van der Waals surface area contributed by atoms with Crippen LogP contribution in [0.4, 0.5) is 29.3 Å². The van der Waals surface area contributed by atoms with Crippen LogP contribution in [0.2, 0.25) is 0 Å². The van der Waals surface area contributed by atoms with Crippen LogP contribution in [-0.4, -0.2) is 28.6 Å². The normalized spacial score (nSPS) is 17.0. The fraction of sp³-hybridized carbons (Fsp3) is 0.350. The molecule has 0 bridgehead atoms. The summed E-state index contributed by atoms with van der Waals surface area (Å²) in [5, 5.41) is 2.55. The number of hydrogen-bond acceptors (Lipinski definition) is 4. The van der Waals surface area contributed by atoms with Crippen LogP contribution in [-0.2, 0) is 22.1 Å². The van der Waals surface area contributed by atoms with Crippen LogP contribution in [0.15, 0.2) is 42.7 Å². The molecule has 2 heterocycles. The van der Waals surface area contributed by atoms with Crippen molar-refractivity contribution in [1.82, 2.24) is 10.3 Å². The quantitative estimate of drug-likeness (QED) is 0.809. The summed E-state index contributed by atoms with van der Waals surface area (Å²) in [7, 11) is 0. The number of hydrogen-bond donors (Lipinski definition) is 1. The van der Waals surface area contributed by atoms with Gasteiger partial charge in [0.05, 0.1) is 17.4 Å². The maximum atomic E-state index is 13.1. The molecule has 0 radical (unpaired) electrons. The van der Waals surface area contributed by atoms with Crippen molar-refractivity contribution in [2.75, 3.05) is 4.90 Å². The van der Waals surface area contributed by atoms with E-state index in [1.165, 1.54) is 23.2 Å². The predicted octanol–water partition coefficient (Wildman–Crippen LogP) is 4.21. The van der Waals surface area contributed by atoms with E-state index in [4.69, 9.17) is 4.74 Å². The lowest BCUT2D eigenvalue weighted by molar-refractivity contribution is -0.137. The number of alkyl carbamates (subject to hydrolysis) is 1. The van der Waals surface area contributed by atoms with Crippen molar-refractivity contribution in [2.45, 2.75) is 45.0 Å². The molecule has 29 heavy (non-hydrogen) atoms. The third-order valence-corrected chi connectivity index (χ3v) is 4.21. The number of anilines is 2. The fourth-order valence-electron chi connectivity index (χ4n) is 3.00. The molecule has 1 aromatic heterocycles. The van der Waals surface area contributed by atoms with E-state index in [9.17, 15) is 22.8 Å². The van der Waals surface area contributed by atoms with Gasteiger partial charge in [0.25, 0.3) is 5.91 Å². The molecule has 3 rings (SSSR count). The molecular formula is C20H20F3N3O3. The topological polar surface area (TPSA) is 71.5 Å². The van der Waals surface area contributed by atoms with Crippen LogP contribution in [0.3, 0.4) is 0 Å². The number of alkyl halides is 3. The average Bonchev–Trinajstić information content (AvgIpc) is 2.60. The summed E-state index contributed by atoms with van der Waals surface area (Å²) in [6.07, 6.45) is -2.00. The summed E-state index contributed by atoms with van der Waals surface area (Å²) in [5.74, 6) is -0.490. The third-order valence-electron chi connectivity index (χ3n) is 4.21. The number of pyridine rings is 1. The van der Waals surface area contributed by atoms with E-state index in [-0.39, 0.29) is 12.1 Å². The van der Waals surface area contributed by atoms with Gasteiger partial charge < -0.3 is 10.1 Å². The van der Waals surface area contributed by atoms with Gasteiger partial charge in [-0.3, -0.25) is 14.7 Å². The van der Waals surface area contributed by atoms with Crippen LogP contribution in [0.5, 0.6) is 0 Å². The van der Waals surface area contributed by atoms with Gasteiger partial charge in [-0.05, 0) is 56.7 Å². The molecular weight excluding hydrogens is 387 g/mol. The summed E-state index contributed by atoms with van der Waals surface area (Å²) in [4.78, 5) is 30.5. The highest BCUT2D eigenvalue weighted by Gasteiger charge is 2.36. The Morgan fingerprint density at radius 2 is 1.83 bits per heavy atom. The molecule has 0 aliphatic carbocycles. The third kappa shape index (κ3) is 4.67. The molecule has 1 aromatic carbocycles. The van der Waals surface area contributed by atoms with E-state index in [1.807, 2.05) is 0 Å². The number of benzene rings is 1. The van der Waals surface area contributed by atoms with E-state index in [0.29, 0.717) is 5.69 Å². The fourth-order valence-corrected chi connectivity index (χ4v) is 3.00. The van der Waals surface area contributed by atoms with E-state index >= 15 is 0 Å². The molecule has 1 atom stereocenters. The maximum Gasteiger partial charge on any atom is 0.416 e. The van der Waals surface area contributed by atoms with E-state index in [2.05, 4.69) is 10.3 Å². The van der Waals surface area contributed by atoms with E-state index in [0.717, 1.165) is 17.7 Å². The Morgan fingerprint density at radius 1 is 1.17 bits per heavy atom. The van der Waals surface area contributed by atoms with Crippen LogP contribution in [0.25, 0.3) is 0 Å². The van der Waals surface area contributed by atoms with Crippen molar-refractivity contribution in [1.29, 1.82) is 0 Å². The van der Waals surface area contributed by atoms with Crippen molar-refractivity contribution in [2.24, 2.45) is 0 Å². The van der Waals surface area contributed by atoms with Crippen LogP contribution >= 0.6 is 0 Å². The molecule has 2 aromatic rings. The van der Waals surface area contributed by atoms with Crippen molar-refractivity contribution < 1.29 is 27.5 Å². The number of nitrogens with zero attached hydrogens (tertiary/aromatic N) is 2. The lowest BCUT2D eigenvalue weighted by Gasteiger charge is -2.34. The molecule has 0 saturated heterocycles. The summed E-state index contributed by atoms with van der Waals surface area (Å²) in [6.45, 7) is 5.10. The van der Waals surface area contributed by atoms with E-state index < -0.39 is 35.4 Å². The van der Waals surface area contributed by atoms with Gasteiger partial charge in [0, 0.05) is 18.3 Å². The highest BCUT2D eigenvalue weighted by Crippen LogP contribution is 2.36. The zero-order chi connectivity index (χ0) is 21.4. The first-order valence-corrected chi connectivity index (χ1v) is 8.89. The second-order valence-electron chi connectivity index (χ2n) is 7.63. The van der Waals surface area contributed by atoms with Gasteiger partial charge in [-0.2, -0.15) is 13.2 Å². The first-order chi connectivity index (χ1) is 13.5. The number of carbonyl (C=O) groups excluding carboxylic acids is 2. The summed E-state index contributed by atoms with van der Waals surface area (Å²) >= 11 is 0. The molecule has 0 spiro atoms. The second-order valence-corrected chi connectivity index (χ2v) is 7.63. The lowest BCUT2D eigenvalue weighted by atomic mass is 9.97. The largest absolute Gasteiger partial charge is 0.444 e. The minimum Gasteiger partial charge on any atom is -0.444 e. The number of carbonyl (C=O) groups is 2. The molecule has 1 N–H and O–H groups in total. The molecule has 1 unspecified atom stereocenters. The monoisotopic (exact) mass is 407 g/mol. The number of aromatic nitrogens is 1. The van der Waals surface area contributed by atoms with Gasteiger partial charge in [-0.15, -0.1) is 0 Å². The number of nitrogens with one attached hydrogen (secondary N) is 1. The van der Waals surface area contributed by atoms with Gasteiger partial charge in [0.2, 0.25) is 0 Å². The lowest BCUT2D eigenvalue weighted by Crippen LogP contribution is -2.52. The highest BCUT2D eigenvalue weighted by atomic mass is 19.4. The number of fused-ring (bicyclic) bond motifs is 1. The molecule has 6 nitrogen and oxygen atoms in total. The predicted molar refractivity (Wildman–Crippen MR) is 99.7 cm³/mol. The molecule has 154 valence electrons. The number of rotatable bonds is 2. The summed E-state index contributed by atoms with van der Waals surface area (Å²) in [5.41, 5.74) is -0.134. The Balaban J connectivity index is 1.93. The van der Waals surface area contributed by atoms with Crippen LogP contribution in [0.1, 0.15) is 31.9 Å². The van der Waals surface area contributed by atoms with Crippen molar-refractivity contribution >= 4 is 23.4 Å². The number of ether oxygens (including phenoxy) is 1. The molecule has 2 amide bonds. The summed E-state index contributed by atoms with van der Waals surface area (Å²) in [6, 6.07) is 5.01. The SMILES string of the molecule is CC(C)(C)OC(=O)NC1Cc2ccncc2N(c2ccc(C(F)(F)F)cc2)C1=O.